The van der Waals surface area contributed by atoms with Gasteiger partial charge in [-0.05, 0) is 6.92 Å². The molecule has 0 amide bonds. The van der Waals surface area contributed by atoms with Gasteiger partial charge in [-0.15, -0.1) is 5.11 Å². The maximum Gasteiger partial charge on any atom is 0.303 e. The van der Waals surface area contributed by atoms with E-state index in [9.17, 15) is 4.79 Å². The second-order valence-corrected chi connectivity index (χ2v) is 3.55. The van der Waals surface area contributed by atoms with Gasteiger partial charge in [0, 0.05) is 20.5 Å². The van der Waals surface area contributed by atoms with E-state index >= 15 is 0 Å². The number of aromatic amines is 1. The fraction of sp³-hybridized carbons (Fsp3) is 0.556. The van der Waals surface area contributed by atoms with Crippen molar-refractivity contribution in [3.8, 4) is 0 Å². The third kappa shape index (κ3) is 3.68. The molecule has 0 aliphatic carbocycles. The molecule has 1 aromatic rings. The van der Waals surface area contributed by atoms with Crippen LogP contribution in [0.15, 0.2) is 10.3 Å². The van der Waals surface area contributed by atoms with Crippen LogP contribution in [-0.4, -0.2) is 40.1 Å². The summed E-state index contributed by atoms with van der Waals surface area (Å²) in [4.78, 5) is 17.6. The molecular formula is C9H15N5O2. The summed E-state index contributed by atoms with van der Waals surface area (Å²) >= 11 is 0. The summed E-state index contributed by atoms with van der Waals surface area (Å²) in [6, 6.07) is 0. The molecule has 0 bridgehead atoms. The third-order valence-corrected chi connectivity index (χ3v) is 1.78. The summed E-state index contributed by atoms with van der Waals surface area (Å²) in [5.41, 5.74) is 0.700. The van der Waals surface area contributed by atoms with E-state index in [0.717, 1.165) is 0 Å². The van der Waals surface area contributed by atoms with Gasteiger partial charge in [0.1, 0.15) is 5.82 Å². The predicted octanol–water partition coefficient (Wildman–Crippen LogP) is 1.30. The SMILES string of the molecule is Cc1nc(N=NN(C)C)c(CCC(=O)O)[nH]1. The van der Waals surface area contributed by atoms with E-state index < -0.39 is 5.97 Å². The van der Waals surface area contributed by atoms with Gasteiger partial charge in [0.15, 0.2) is 5.82 Å². The molecule has 0 aliphatic heterocycles. The average Bonchev–Trinajstić information content (AvgIpc) is 2.52. The van der Waals surface area contributed by atoms with Crippen LogP contribution in [-0.2, 0) is 11.2 Å². The lowest BCUT2D eigenvalue weighted by Gasteiger charge is -2.00. The Bertz CT molecular complexity index is 397. The van der Waals surface area contributed by atoms with E-state index in [1.54, 1.807) is 26.0 Å². The molecule has 7 heteroatoms. The molecule has 1 rings (SSSR count). The smallest absolute Gasteiger partial charge is 0.303 e. The molecule has 0 atom stereocenters. The van der Waals surface area contributed by atoms with Crippen LogP contribution in [0.25, 0.3) is 0 Å². The van der Waals surface area contributed by atoms with Gasteiger partial charge in [0.05, 0.1) is 12.1 Å². The number of hydrogen-bond acceptors (Lipinski definition) is 4. The summed E-state index contributed by atoms with van der Waals surface area (Å²) in [7, 11) is 3.50. The van der Waals surface area contributed by atoms with Gasteiger partial charge in [-0.3, -0.25) is 9.80 Å². The highest BCUT2D eigenvalue weighted by atomic mass is 16.4. The van der Waals surface area contributed by atoms with Gasteiger partial charge in [-0.2, -0.15) is 0 Å². The lowest BCUT2D eigenvalue weighted by molar-refractivity contribution is -0.136. The van der Waals surface area contributed by atoms with Crippen molar-refractivity contribution in [2.45, 2.75) is 19.8 Å². The molecule has 0 aromatic carbocycles. The summed E-state index contributed by atoms with van der Waals surface area (Å²) in [5, 5.41) is 17.9. The Kier molecular flexibility index (Phi) is 3.98. The van der Waals surface area contributed by atoms with Crippen LogP contribution in [0.2, 0.25) is 0 Å². The van der Waals surface area contributed by atoms with Crippen LogP contribution in [0.3, 0.4) is 0 Å². The van der Waals surface area contributed by atoms with E-state index in [1.165, 1.54) is 0 Å². The van der Waals surface area contributed by atoms with Crippen LogP contribution < -0.4 is 0 Å². The number of H-pyrrole nitrogens is 1. The number of aromatic nitrogens is 2. The first-order valence-corrected chi connectivity index (χ1v) is 4.85. The van der Waals surface area contributed by atoms with Crippen LogP contribution in [0, 0.1) is 6.92 Å². The Morgan fingerprint density at radius 3 is 2.81 bits per heavy atom. The fourth-order valence-corrected chi connectivity index (χ4v) is 1.15. The molecule has 0 aliphatic rings. The van der Waals surface area contributed by atoms with Gasteiger partial charge in [-0.1, -0.05) is 5.22 Å². The van der Waals surface area contributed by atoms with E-state index in [-0.39, 0.29) is 6.42 Å². The van der Waals surface area contributed by atoms with Crippen LogP contribution in [0.4, 0.5) is 5.82 Å². The highest BCUT2D eigenvalue weighted by molar-refractivity contribution is 5.67. The van der Waals surface area contributed by atoms with Crippen molar-refractivity contribution in [3.05, 3.63) is 11.5 Å². The van der Waals surface area contributed by atoms with Crippen LogP contribution >= 0.6 is 0 Å². The molecule has 16 heavy (non-hydrogen) atoms. The first-order chi connectivity index (χ1) is 7.49. The molecule has 1 aromatic heterocycles. The largest absolute Gasteiger partial charge is 0.481 e. The number of aliphatic carboxylic acids is 1. The maximum absolute atomic E-state index is 10.5. The number of nitrogens with zero attached hydrogens (tertiary/aromatic N) is 4. The van der Waals surface area contributed by atoms with Crippen molar-refractivity contribution < 1.29 is 9.90 Å². The molecule has 7 nitrogen and oxygen atoms in total. The number of hydrogen-bond donors (Lipinski definition) is 2. The first-order valence-electron chi connectivity index (χ1n) is 4.85. The van der Waals surface area contributed by atoms with Crippen molar-refractivity contribution >= 4 is 11.8 Å². The summed E-state index contributed by atoms with van der Waals surface area (Å²) in [6.07, 6.45) is 0.421. The number of nitrogens with one attached hydrogen (secondary N) is 1. The molecule has 0 spiro atoms. The quantitative estimate of drug-likeness (QED) is 0.583. The molecule has 88 valence electrons. The second-order valence-electron chi connectivity index (χ2n) is 3.55. The Labute approximate surface area is 93.2 Å². The zero-order valence-corrected chi connectivity index (χ0v) is 9.56. The van der Waals surface area contributed by atoms with Gasteiger partial charge in [0.25, 0.3) is 0 Å². The Morgan fingerprint density at radius 1 is 1.56 bits per heavy atom. The minimum Gasteiger partial charge on any atom is -0.481 e. The van der Waals surface area contributed by atoms with Gasteiger partial charge < -0.3 is 10.1 Å². The average molecular weight is 225 g/mol. The molecule has 0 unspecified atom stereocenters. The Hall–Kier alpha value is -1.92. The number of carboxylic acids is 1. The third-order valence-electron chi connectivity index (χ3n) is 1.78. The first kappa shape index (κ1) is 12.2. The van der Waals surface area contributed by atoms with Crippen molar-refractivity contribution in [2.75, 3.05) is 14.1 Å². The molecular weight excluding hydrogens is 210 g/mol. The summed E-state index contributed by atoms with van der Waals surface area (Å²) in [6.45, 7) is 1.79. The van der Waals surface area contributed by atoms with E-state index in [2.05, 4.69) is 20.3 Å². The van der Waals surface area contributed by atoms with Crippen LogP contribution in [0.1, 0.15) is 17.9 Å². The minimum atomic E-state index is -0.845. The monoisotopic (exact) mass is 225 g/mol. The van der Waals surface area contributed by atoms with Gasteiger partial charge in [0.2, 0.25) is 0 Å². The van der Waals surface area contributed by atoms with Gasteiger partial charge >= 0.3 is 5.97 Å². The fourth-order valence-electron chi connectivity index (χ4n) is 1.15. The molecule has 2 N–H and O–H groups in total. The minimum absolute atomic E-state index is 0.0477. The maximum atomic E-state index is 10.5. The zero-order valence-electron chi connectivity index (χ0n) is 9.56. The lowest BCUT2D eigenvalue weighted by atomic mass is 10.2. The van der Waals surface area contributed by atoms with E-state index in [1.807, 2.05) is 0 Å². The van der Waals surface area contributed by atoms with E-state index in [0.29, 0.717) is 23.8 Å². The highest BCUT2D eigenvalue weighted by Crippen LogP contribution is 2.18. The Balaban J connectivity index is 2.78. The Morgan fingerprint density at radius 2 is 2.25 bits per heavy atom. The summed E-state index contributed by atoms with van der Waals surface area (Å²) in [5.74, 6) is 0.309. The zero-order chi connectivity index (χ0) is 12.1. The molecule has 0 radical (unpaired) electrons. The predicted molar refractivity (Wildman–Crippen MR) is 57.5 cm³/mol. The standard InChI is InChI=1S/C9H15N5O2/c1-6-10-7(4-5-8(15)16)9(11-6)12-13-14(2)3/h4-5H2,1-3H3,(H,10,11)(H,15,16). The van der Waals surface area contributed by atoms with Crippen molar-refractivity contribution in [1.29, 1.82) is 0 Å². The molecule has 1 heterocycles. The number of carboxylic acid groups (broad SMARTS) is 1. The molecule has 0 saturated carbocycles. The summed E-state index contributed by atoms with van der Waals surface area (Å²) < 4.78 is 0. The van der Waals surface area contributed by atoms with Gasteiger partial charge in [-0.25, -0.2) is 4.98 Å². The normalized spacial score (nSPS) is 10.9. The van der Waals surface area contributed by atoms with Crippen molar-refractivity contribution in [3.63, 3.8) is 0 Å². The highest BCUT2D eigenvalue weighted by Gasteiger charge is 2.09. The number of rotatable bonds is 5. The van der Waals surface area contributed by atoms with Crippen molar-refractivity contribution in [2.24, 2.45) is 10.3 Å². The topological polar surface area (TPSA) is 93.9 Å². The molecule has 0 saturated heterocycles. The number of aryl methyl sites for hydroxylation is 2. The van der Waals surface area contributed by atoms with Crippen molar-refractivity contribution in [1.82, 2.24) is 15.0 Å². The molecule has 0 fully saturated rings. The number of carbonyl (C=O) groups is 1. The van der Waals surface area contributed by atoms with E-state index in [4.69, 9.17) is 5.11 Å². The second kappa shape index (κ2) is 5.24. The number of imidazole rings is 1. The van der Waals surface area contributed by atoms with Crippen LogP contribution in [0.5, 0.6) is 0 Å². The lowest BCUT2D eigenvalue weighted by Crippen LogP contribution is -2.00.